The molecule has 1 saturated heterocycles. The first-order chi connectivity index (χ1) is 13.8. The Morgan fingerprint density at radius 1 is 1.17 bits per heavy atom. The van der Waals surface area contributed by atoms with Gasteiger partial charge in [-0.1, -0.05) is 23.3 Å². The number of hydrogen-bond donors (Lipinski definition) is 3. The van der Waals surface area contributed by atoms with Crippen molar-refractivity contribution in [2.24, 2.45) is 0 Å². The van der Waals surface area contributed by atoms with Gasteiger partial charge in [0.25, 0.3) is 5.56 Å². The van der Waals surface area contributed by atoms with E-state index in [-0.39, 0.29) is 16.7 Å². The Bertz CT molecular complexity index is 973. The minimum absolute atomic E-state index is 0.154. The van der Waals surface area contributed by atoms with Crippen LogP contribution < -0.4 is 5.56 Å². The van der Waals surface area contributed by atoms with Crippen LogP contribution >= 0.6 is 0 Å². The van der Waals surface area contributed by atoms with Crippen LogP contribution in [0.2, 0.25) is 0 Å². The second-order valence-electron chi connectivity index (χ2n) is 7.63. The second kappa shape index (κ2) is 9.00. The quantitative estimate of drug-likeness (QED) is 0.586. The molecule has 1 fully saturated rings. The van der Waals surface area contributed by atoms with Gasteiger partial charge >= 0.3 is 0 Å². The third kappa shape index (κ3) is 4.48. The van der Waals surface area contributed by atoms with Crippen molar-refractivity contribution in [1.82, 2.24) is 19.1 Å². The van der Waals surface area contributed by atoms with Crippen molar-refractivity contribution in [3.05, 3.63) is 46.3 Å². The summed E-state index contributed by atoms with van der Waals surface area (Å²) in [4.78, 5) is 21.2. The molecule has 9 heteroatoms. The predicted molar refractivity (Wildman–Crippen MR) is 107 cm³/mol. The lowest BCUT2D eigenvalue weighted by molar-refractivity contribution is -0.0511. The molecule has 0 aliphatic carbocycles. The first-order valence-corrected chi connectivity index (χ1v) is 9.67. The predicted octanol–water partition coefficient (Wildman–Crippen LogP) is 0.897. The first kappa shape index (κ1) is 21.4. The van der Waals surface area contributed by atoms with Crippen LogP contribution in [0.25, 0.3) is 11.2 Å². The molecule has 0 amide bonds. The zero-order valence-corrected chi connectivity index (χ0v) is 16.9. The summed E-state index contributed by atoms with van der Waals surface area (Å²) in [6.45, 7) is 6.13. The minimum Gasteiger partial charge on any atom is -0.394 e. The van der Waals surface area contributed by atoms with Gasteiger partial charge in [-0.05, 0) is 33.6 Å². The van der Waals surface area contributed by atoms with Crippen molar-refractivity contribution < 1.29 is 20.1 Å². The molecule has 0 saturated carbocycles. The fourth-order valence-electron chi connectivity index (χ4n) is 3.32. The van der Waals surface area contributed by atoms with Gasteiger partial charge in [0, 0.05) is 6.54 Å². The summed E-state index contributed by atoms with van der Waals surface area (Å²) in [5, 5.41) is 29.4. The topological polar surface area (TPSA) is 123 Å². The molecule has 9 nitrogen and oxygen atoms in total. The SMILES string of the molecule is CC(C)=CCC/C(C)=C/Cn1cnc2c(ncn2[C@H]2O[C@@H](CO)[C@@H](O)[C@H]2O)c1=O. The molecule has 3 heterocycles. The third-order valence-electron chi connectivity index (χ3n) is 5.07. The van der Waals surface area contributed by atoms with Crippen molar-refractivity contribution in [2.45, 2.75) is 64.7 Å². The van der Waals surface area contributed by atoms with Gasteiger partial charge in [0.15, 0.2) is 17.4 Å². The van der Waals surface area contributed by atoms with Gasteiger partial charge in [-0.15, -0.1) is 0 Å². The lowest BCUT2D eigenvalue weighted by Gasteiger charge is -2.16. The second-order valence-corrected chi connectivity index (χ2v) is 7.63. The molecule has 2 aromatic rings. The van der Waals surface area contributed by atoms with E-state index in [2.05, 4.69) is 29.9 Å². The van der Waals surface area contributed by atoms with E-state index in [1.807, 2.05) is 13.0 Å². The Kier molecular flexibility index (Phi) is 6.63. The Hall–Kier alpha value is -2.33. The number of hydrogen-bond acceptors (Lipinski definition) is 7. The van der Waals surface area contributed by atoms with Crippen LogP contribution in [0.5, 0.6) is 0 Å². The number of imidazole rings is 1. The summed E-state index contributed by atoms with van der Waals surface area (Å²) in [7, 11) is 0. The van der Waals surface area contributed by atoms with Gasteiger partial charge in [-0.3, -0.25) is 13.9 Å². The highest BCUT2D eigenvalue weighted by molar-refractivity contribution is 5.69. The standard InChI is InChI=1S/C20H28N4O5/c1-12(2)5-4-6-13(3)7-8-23-10-22-18-15(19(23)28)21-11-24(18)20-17(27)16(26)14(9-25)29-20/h5,7,10-11,14,16-17,20,25-27H,4,6,8-9H2,1-3H3/b13-7+/t14-,16+,17+,20-/m0/s1. The molecule has 0 radical (unpaired) electrons. The van der Waals surface area contributed by atoms with Crippen LogP contribution in [-0.4, -0.2) is 59.3 Å². The molecule has 2 aromatic heterocycles. The summed E-state index contributed by atoms with van der Waals surface area (Å²) in [6.07, 6.45) is 4.47. The molecule has 0 unspecified atom stereocenters. The van der Waals surface area contributed by atoms with Gasteiger partial charge in [-0.25, -0.2) is 9.97 Å². The van der Waals surface area contributed by atoms with E-state index in [0.717, 1.165) is 12.8 Å². The van der Waals surface area contributed by atoms with Crippen LogP contribution in [0.15, 0.2) is 40.7 Å². The fraction of sp³-hybridized carbons (Fsp3) is 0.550. The summed E-state index contributed by atoms with van der Waals surface area (Å²) in [5.74, 6) is 0. The Balaban J connectivity index is 1.80. The molecule has 0 spiro atoms. The number of aliphatic hydroxyl groups excluding tert-OH is 3. The molecule has 29 heavy (non-hydrogen) atoms. The number of rotatable bonds is 7. The molecule has 0 bridgehead atoms. The van der Waals surface area contributed by atoms with Crippen LogP contribution in [0, 0.1) is 0 Å². The molecule has 3 N–H and O–H groups in total. The number of fused-ring (bicyclic) bond motifs is 1. The van der Waals surface area contributed by atoms with E-state index in [9.17, 15) is 20.1 Å². The highest BCUT2D eigenvalue weighted by atomic mass is 16.6. The maximum Gasteiger partial charge on any atom is 0.281 e. The Labute approximate surface area is 168 Å². The van der Waals surface area contributed by atoms with Crippen LogP contribution in [0.1, 0.15) is 39.8 Å². The van der Waals surface area contributed by atoms with Crippen LogP contribution in [-0.2, 0) is 11.3 Å². The van der Waals surface area contributed by atoms with Crippen molar-refractivity contribution in [3.8, 4) is 0 Å². The van der Waals surface area contributed by atoms with Gasteiger partial charge in [0.1, 0.15) is 24.6 Å². The lowest BCUT2D eigenvalue weighted by atomic mass is 10.1. The maximum atomic E-state index is 12.8. The largest absolute Gasteiger partial charge is 0.394 e. The van der Waals surface area contributed by atoms with Gasteiger partial charge < -0.3 is 20.1 Å². The lowest BCUT2D eigenvalue weighted by Crippen LogP contribution is -2.33. The van der Waals surface area contributed by atoms with Crippen molar-refractivity contribution in [2.75, 3.05) is 6.61 Å². The summed E-state index contributed by atoms with van der Waals surface area (Å²) in [5.41, 5.74) is 2.58. The number of aliphatic hydroxyl groups is 3. The molecular weight excluding hydrogens is 376 g/mol. The first-order valence-electron chi connectivity index (χ1n) is 9.67. The molecule has 1 aliphatic heterocycles. The van der Waals surface area contributed by atoms with E-state index < -0.39 is 31.1 Å². The number of aromatic nitrogens is 4. The van der Waals surface area contributed by atoms with Gasteiger partial charge in [-0.2, -0.15) is 0 Å². The average molecular weight is 404 g/mol. The number of ether oxygens (including phenoxy) is 1. The smallest absolute Gasteiger partial charge is 0.281 e. The summed E-state index contributed by atoms with van der Waals surface area (Å²) >= 11 is 0. The number of allylic oxidation sites excluding steroid dienone is 4. The van der Waals surface area contributed by atoms with Crippen molar-refractivity contribution >= 4 is 11.2 Å². The van der Waals surface area contributed by atoms with Crippen molar-refractivity contribution in [1.29, 1.82) is 0 Å². The van der Waals surface area contributed by atoms with E-state index in [0.29, 0.717) is 6.54 Å². The van der Waals surface area contributed by atoms with Crippen LogP contribution in [0.4, 0.5) is 0 Å². The van der Waals surface area contributed by atoms with Crippen LogP contribution in [0.3, 0.4) is 0 Å². The fourth-order valence-corrected chi connectivity index (χ4v) is 3.32. The van der Waals surface area contributed by atoms with Crippen molar-refractivity contribution in [3.63, 3.8) is 0 Å². The average Bonchev–Trinajstić information content (AvgIpc) is 3.23. The van der Waals surface area contributed by atoms with E-state index >= 15 is 0 Å². The van der Waals surface area contributed by atoms with E-state index in [1.165, 1.54) is 32.9 Å². The summed E-state index contributed by atoms with van der Waals surface area (Å²) < 4.78 is 8.38. The zero-order chi connectivity index (χ0) is 21.1. The maximum absolute atomic E-state index is 12.8. The monoisotopic (exact) mass is 404 g/mol. The highest BCUT2D eigenvalue weighted by Crippen LogP contribution is 2.30. The highest BCUT2D eigenvalue weighted by Gasteiger charge is 2.44. The molecule has 0 aromatic carbocycles. The summed E-state index contributed by atoms with van der Waals surface area (Å²) in [6, 6.07) is 0. The molecule has 1 aliphatic rings. The third-order valence-corrected chi connectivity index (χ3v) is 5.07. The van der Waals surface area contributed by atoms with Gasteiger partial charge in [0.2, 0.25) is 0 Å². The minimum atomic E-state index is -1.26. The normalized spacial score (nSPS) is 25.0. The Morgan fingerprint density at radius 2 is 1.93 bits per heavy atom. The molecule has 3 rings (SSSR count). The Morgan fingerprint density at radius 3 is 2.59 bits per heavy atom. The number of nitrogens with zero attached hydrogens (tertiary/aromatic N) is 4. The molecular formula is C20H28N4O5. The zero-order valence-electron chi connectivity index (χ0n) is 16.9. The molecule has 4 atom stereocenters. The van der Waals surface area contributed by atoms with E-state index in [4.69, 9.17) is 4.74 Å². The van der Waals surface area contributed by atoms with E-state index in [1.54, 1.807) is 0 Å². The molecule has 158 valence electrons. The van der Waals surface area contributed by atoms with Gasteiger partial charge in [0.05, 0.1) is 12.9 Å².